The van der Waals surface area contributed by atoms with Crippen LogP contribution in [0, 0.1) is 0 Å². The van der Waals surface area contributed by atoms with Gasteiger partial charge in [0.05, 0.1) is 43.4 Å². The van der Waals surface area contributed by atoms with Crippen LogP contribution >= 0.6 is 0 Å². The maximum atomic E-state index is 10.9. The lowest BCUT2D eigenvalue weighted by atomic mass is 10.1. The highest BCUT2D eigenvalue weighted by atomic mass is 16.5. The van der Waals surface area contributed by atoms with Crippen molar-refractivity contribution in [2.75, 3.05) is 20.3 Å². The summed E-state index contributed by atoms with van der Waals surface area (Å²) in [6.07, 6.45) is 2.41. The molecule has 3 aromatic carbocycles. The van der Waals surface area contributed by atoms with Gasteiger partial charge in [0.1, 0.15) is 0 Å². The molecule has 39 heavy (non-hydrogen) atoms. The van der Waals surface area contributed by atoms with Crippen LogP contribution in [0.5, 0.6) is 17.4 Å². The predicted molar refractivity (Wildman–Crippen MR) is 152 cm³/mol. The minimum absolute atomic E-state index is 0.284. The highest BCUT2D eigenvalue weighted by Gasteiger charge is 2.33. The average Bonchev–Trinajstić information content (AvgIpc) is 3.77. The minimum Gasteiger partial charge on any atom is -0.493 e. The van der Waals surface area contributed by atoms with Gasteiger partial charge in [0.25, 0.3) is 0 Å². The normalized spacial score (nSPS) is 13.9. The molecule has 0 aliphatic heterocycles. The summed E-state index contributed by atoms with van der Waals surface area (Å²) in [5.74, 6) is 1.96. The van der Waals surface area contributed by atoms with Gasteiger partial charge < -0.3 is 19.3 Å². The summed E-state index contributed by atoms with van der Waals surface area (Å²) in [6, 6.07) is 28.2. The summed E-state index contributed by atoms with van der Waals surface area (Å²) in [6.45, 7) is 4.03. The molecule has 0 radical (unpaired) electrons. The van der Waals surface area contributed by atoms with Gasteiger partial charge in [-0.15, -0.1) is 0 Å². The molecule has 7 nitrogen and oxygen atoms in total. The number of benzene rings is 3. The molecule has 1 aromatic heterocycles. The number of aromatic nitrogens is 2. The van der Waals surface area contributed by atoms with Crippen LogP contribution in [-0.2, 0) is 24.3 Å². The van der Waals surface area contributed by atoms with Gasteiger partial charge in [-0.25, -0.2) is 4.68 Å². The van der Waals surface area contributed by atoms with E-state index in [1.807, 2.05) is 89.6 Å². The Morgan fingerprint density at radius 2 is 1.62 bits per heavy atom. The molecular formula is C32H37N3O4. The second-order valence-electron chi connectivity index (χ2n) is 9.90. The molecule has 1 saturated carbocycles. The molecule has 7 heteroatoms. The summed E-state index contributed by atoms with van der Waals surface area (Å²) in [5.41, 5.74) is 4.03. The molecule has 1 N–H and O–H groups in total. The number of hydrogen-bond acceptors (Lipinski definition) is 6. The van der Waals surface area contributed by atoms with Crippen LogP contribution < -0.4 is 9.47 Å². The quantitative estimate of drug-likeness (QED) is 0.224. The van der Waals surface area contributed by atoms with Crippen molar-refractivity contribution < 1.29 is 19.3 Å². The van der Waals surface area contributed by atoms with E-state index in [0.717, 1.165) is 41.8 Å². The Morgan fingerprint density at radius 1 is 0.949 bits per heavy atom. The van der Waals surface area contributed by atoms with Gasteiger partial charge in [0, 0.05) is 19.1 Å². The van der Waals surface area contributed by atoms with Crippen molar-refractivity contribution in [3.63, 3.8) is 0 Å². The fourth-order valence-electron chi connectivity index (χ4n) is 4.77. The molecule has 1 heterocycles. The van der Waals surface area contributed by atoms with Gasteiger partial charge in [-0.05, 0) is 49.1 Å². The molecule has 1 aliphatic rings. The average molecular weight is 528 g/mol. The number of nitrogens with zero attached hydrogens (tertiary/aromatic N) is 3. The summed E-state index contributed by atoms with van der Waals surface area (Å²) >= 11 is 0. The Morgan fingerprint density at radius 3 is 2.28 bits per heavy atom. The van der Waals surface area contributed by atoms with E-state index in [2.05, 4.69) is 11.8 Å². The van der Waals surface area contributed by atoms with Gasteiger partial charge in [0.15, 0.2) is 11.5 Å². The van der Waals surface area contributed by atoms with Gasteiger partial charge in [0.2, 0.25) is 5.88 Å². The predicted octanol–water partition coefficient (Wildman–Crippen LogP) is 5.78. The van der Waals surface area contributed by atoms with E-state index in [4.69, 9.17) is 19.3 Å². The maximum Gasteiger partial charge on any atom is 0.227 e. The summed E-state index contributed by atoms with van der Waals surface area (Å²) in [4.78, 5) is 2.34. The first-order valence-electron chi connectivity index (χ1n) is 13.7. The first-order chi connectivity index (χ1) is 19.2. The van der Waals surface area contributed by atoms with Crippen molar-refractivity contribution in [3.8, 4) is 23.1 Å². The zero-order valence-corrected chi connectivity index (χ0v) is 22.7. The number of aliphatic hydroxyl groups is 1. The first-order valence-corrected chi connectivity index (χ1v) is 13.7. The number of hydrogen-bond donors (Lipinski definition) is 1. The third-order valence-electron chi connectivity index (χ3n) is 6.92. The van der Waals surface area contributed by atoms with Crippen LogP contribution in [0.4, 0.5) is 0 Å². The lowest BCUT2D eigenvalue weighted by Crippen LogP contribution is -2.36. The number of methoxy groups -OCH3 is 1. The largest absolute Gasteiger partial charge is 0.493 e. The molecule has 0 spiro atoms. The van der Waals surface area contributed by atoms with Crippen LogP contribution in [0.2, 0.25) is 0 Å². The molecule has 0 unspecified atom stereocenters. The van der Waals surface area contributed by atoms with Crippen molar-refractivity contribution in [1.29, 1.82) is 0 Å². The number of para-hydroxylation sites is 3. The topological polar surface area (TPSA) is 69.0 Å². The number of rotatable bonds is 14. The second kappa shape index (κ2) is 12.9. The number of aryl methyl sites for hydroxylation is 1. The van der Waals surface area contributed by atoms with Crippen molar-refractivity contribution >= 4 is 0 Å². The molecule has 0 amide bonds. The van der Waals surface area contributed by atoms with E-state index in [-0.39, 0.29) is 6.61 Å². The Hall–Kier alpha value is -3.65. The summed E-state index contributed by atoms with van der Waals surface area (Å²) in [5, 5.41) is 15.9. The molecule has 5 rings (SSSR count). The molecule has 204 valence electrons. The lowest BCUT2D eigenvalue weighted by Gasteiger charge is -2.25. The van der Waals surface area contributed by atoms with Crippen LogP contribution in [0.25, 0.3) is 5.69 Å². The third-order valence-corrected chi connectivity index (χ3v) is 6.92. The third kappa shape index (κ3) is 6.87. The van der Waals surface area contributed by atoms with Gasteiger partial charge >= 0.3 is 0 Å². The lowest BCUT2D eigenvalue weighted by molar-refractivity contribution is 0.00693. The van der Waals surface area contributed by atoms with Crippen LogP contribution in [0.15, 0.2) is 84.9 Å². The molecule has 1 atom stereocenters. The van der Waals surface area contributed by atoms with Gasteiger partial charge in [-0.2, -0.15) is 5.10 Å². The van der Waals surface area contributed by atoms with Crippen molar-refractivity contribution in [3.05, 3.63) is 102 Å². The van der Waals surface area contributed by atoms with E-state index in [1.165, 1.54) is 0 Å². The van der Waals surface area contributed by atoms with E-state index in [0.29, 0.717) is 43.1 Å². The van der Waals surface area contributed by atoms with Crippen LogP contribution in [-0.4, -0.2) is 52.2 Å². The Labute approximate surface area is 230 Å². The minimum atomic E-state index is -0.595. The Balaban J connectivity index is 1.39. The standard InChI is InChI=1S/C32H37N3O4/c1-3-29-28(21-34(25-18-19-25)20-27(36)23-38-22-24-12-6-4-7-13-24)32(35(33-29)26-14-8-5-9-15-26)39-31-17-11-10-16-30(31)37-2/h4-17,25,27,36H,3,18-23H2,1-2H3/t27-/m1/s1. The van der Waals surface area contributed by atoms with E-state index >= 15 is 0 Å². The van der Waals surface area contributed by atoms with E-state index < -0.39 is 6.10 Å². The molecule has 0 saturated heterocycles. The molecule has 1 aliphatic carbocycles. The van der Waals surface area contributed by atoms with E-state index in [1.54, 1.807) is 7.11 Å². The molecular weight excluding hydrogens is 490 g/mol. The SMILES string of the molecule is CCc1nn(-c2ccccc2)c(Oc2ccccc2OC)c1CN(C[C@@H](O)COCc1ccccc1)C1CC1. The highest BCUT2D eigenvalue weighted by molar-refractivity contribution is 5.47. The number of ether oxygens (including phenoxy) is 3. The highest BCUT2D eigenvalue weighted by Crippen LogP contribution is 2.38. The van der Waals surface area contributed by atoms with Gasteiger partial charge in [-0.3, -0.25) is 4.90 Å². The molecule has 0 bridgehead atoms. The molecule has 1 fully saturated rings. The van der Waals surface area contributed by atoms with Crippen LogP contribution in [0.1, 0.15) is 36.6 Å². The number of aliphatic hydroxyl groups excluding tert-OH is 1. The van der Waals surface area contributed by atoms with E-state index in [9.17, 15) is 5.11 Å². The van der Waals surface area contributed by atoms with Crippen LogP contribution in [0.3, 0.4) is 0 Å². The van der Waals surface area contributed by atoms with Crippen molar-refractivity contribution in [1.82, 2.24) is 14.7 Å². The Bertz CT molecular complexity index is 1320. The summed E-state index contributed by atoms with van der Waals surface area (Å²) in [7, 11) is 1.64. The smallest absolute Gasteiger partial charge is 0.227 e. The molecule has 4 aromatic rings. The monoisotopic (exact) mass is 527 g/mol. The second-order valence-corrected chi connectivity index (χ2v) is 9.90. The Kier molecular flexibility index (Phi) is 8.93. The zero-order valence-electron chi connectivity index (χ0n) is 22.7. The first kappa shape index (κ1) is 26.9. The van der Waals surface area contributed by atoms with Crippen molar-refractivity contribution in [2.45, 2.75) is 51.5 Å². The van der Waals surface area contributed by atoms with Gasteiger partial charge in [-0.1, -0.05) is 67.6 Å². The fraction of sp³-hybridized carbons (Fsp3) is 0.344. The fourth-order valence-corrected chi connectivity index (χ4v) is 4.77. The zero-order chi connectivity index (χ0) is 27.0. The summed E-state index contributed by atoms with van der Waals surface area (Å²) < 4.78 is 19.9. The maximum absolute atomic E-state index is 10.9. The van der Waals surface area contributed by atoms with Crippen molar-refractivity contribution in [2.24, 2.45) is 0 Å².